The van der Waals surface area contributed by atoms with Gasteiger partial charge in [-0.1, -0.05) is 36.4 Å². The van der Waals surface area contributed by atoms with Crippen molar-refractivity contribution in [2.75, 3.05) is 12.4 Å². The number of methoxy groups -OCH3 is 1. The van der Waals surface area contributed by atoms with Crippen molar-refractivity contribution in [3.63, 3.8) is 0 Å². The maximum atomic E-state index is 12.4. The average Bonchev–Trinajstić information content (AvgIpc) is 3.05. The number of thiophene rings is 1. The van der Waals surface area contributed by atoms with E-state index in [4.69, 9.17) is 4.74 Å². The Labute approximate surface area is 151 Å². The lowest BCUT2D eigenvalue weighted by Gasteiger charge is -2.25. The van der Waals surface area contributed by atoms with Crippen LogP contribution in [0.15, 0.2) is 53.9 Å². The van der Waals surface area contributed by atoms with Gasteiger partial charge in [0.2, 0.25) is 5.91 Å². The summed E-state index contributed by atoms with van der Waals surface area (Å²) >= 11 is 1.72. The van der Waals surface area contributed by atoms with Gasteiger partial charge >= 0.3 is 0 Å². The lowest BCUT2D eigenvalue weighted by molar-refractivity contribution is -0.116. The maximum Gasteiger partial charge on any atom is 0.225 e. The zero-order valence-electron chi connectivity index (χ0n) is 14.2. The molecule has 0 spiro atoms. The number of carbonyl (C=O) groups excluding carboxylic acids is 1. The van der Waals surface area contributed by atoms with Crippen LogP contribution in [0.2, 0.25) is 0 Å². The first-order valence-corrected chi connectivity index (χ1v) is 9.16. The highest BCUT2D eigenvalue weighted by Crippen LogP contribution is 2.47. The minimum absolute atomic E-state index is 0.0777. The predicted octanol–water partition coefficient (Wildman–Crippen LogP) is 5.21. The summed E-state index contributed by atoms with van der Waals surface area (Å²) in [6.45, 7) is 2.11. The SMILES string of the molecule is COc1ccc(-c2csc3c2NC(=O)CC3c2ccccc2C)cc1. The van der Waals surface area contributed by atoms with Crippen molar-refractivity contribution < 1.29 is 9.53 Å². The summed E-state index contributed by atoms with van der Waals surface area (Å²) in [5, 5.41) is 5.24. The first-order chi connectivity index (χ1) is 12.2. The number of anilines is 1. The molecule has 0 saturated carbocycles. The molecule has 25 heavy (non-hydrogen) atoms. The van der Waals surface area contributed by atoms with Gasteiger partial charge in [0.15, 0.2) is 0 Å². The summed E-state index contributed by atoms with van der Waals surface area (Å²) < 4.78 is 5.24. The van der Waals surface area contributed by atoms with E-state index in [1.807, 2.05) is 36.4 Å². The molecule has 0 radical (unpaired) electrons. The second-order valence-corrected chi connectivity index (χ2v) is 7.19. The Bertz CT molecular complexity index is 927. The molecule has 2 aromatic carbocycles. The van der Waals surface area contributed by atoms with Crippen molar-refractivity contribution in [2.24, 2.45) is 0 Å². The molecule has 0 aliphatic carbocycles. The predicted molar refractivity (Wildman–Crippen MR) is 103 cm³/mol. The molecule has 4 heteroatoms. The van der Waals surface area contributed by atoms with Gasteiger partial charge in [-0.25, -0.2) is 0 Å². The number of rotatable bonds is 3. The van der Waals surface area contributed by atoms with E-state index < -0.39 is 0 Å². The molecular weight excluding hydrogens is 330 g/mol. The quantitative estimate of drug-likeness (QED) is 0.705. The highest BCUT2D eigenvalue weighted by Gasteiger charge is 2.31. The minimum atomic E-state index is 0.0777. The highest BCUT2D eigenvalue weighted by molar-refractivity contribution is 7.11. The van der Waals surface area contributed by atoms with E-state index in [-0.39, 0.29) is 11.8 Å². The number of benzene rings is 2. The third-order valence-corrected chi connectivity index (χ3v) is 5.85. The molecule has 0 saturated heterocycles. The van der Waals surface area contributed by atoms with Crippen LogP contribution in [-0.4, -0.2) is 13.0 Å². The molecule has 1 aromatic heterocycles. The molecule has 1 N–H and O–H groups in total. The first-order valence-electron chi connectivity index (χ1n) is 8.28. The van der Waals surface area contributed by atoms with Crippen molar-refractivity contribution >= 4 is 22.9 Å². The molecule has 3 nitrogen and oxygen atoms in total. The van der Waals surface area contributed by atoms with Gasteiger partial charge in [-0.15, -0.1) is 11.3 Å². The second-order valence-electron chi connectivity index (χ2n) is 6.28. The number of ether oxygens (including phenoxy) is 1. The largest absolute Gasteiger partial charge is 0.497 e. The van der Waals surface area contributed by atoms with Gasteiger partial charge in [0.1, 0.15) is 5.75 Å². The van der Waals surface area contributed by atoms with E-state index in [0.717, 1.165) is 22.6 Å². The fourth-order valence-electron chi connectivity index (χ4n) is 3.44. The van der Waals surface area contributed by atoms with Gasteiger partial charge in [-0.3, -0.25) is 4.79 Å². The van der Waals surface area contributed by atoms with Gasteiger partial charge in [0.25, 0.3) is 0 Å². The molecule has 1 aliphatic rings. The van der Waals surface area contributed by atoms with Crippen LogP contribution in [0.5, 0.6) is 5.75 Å². The lowest BCUT2D eigenvalue weighted by atomic mass is 9.87. The molecule has 126 valence electrons. The molecule has 2 heterocycles. The summed E-state index contributed by atoms with van der Waals surface area (Å²) in [6.07, 6.45) is 0.500. The van der Waals surface area contributed by atoms with Crippen molar-refractivity contribution in [1.82, 2.24) is 0 Å². The normalized spacial score (nSPS) is 16.2. The summed E-state index contributed by atoms with van der Waals surface area (Å²) in [6, 6.07) is 16.3. The molecule has 1 aliphatic heterocycles. The minimum Gasteiger partial charge on any atom is -0.497 e. The van der Waals surface area contributed by atoms with Gasteiger partial charge in [0.05, 0.1) is 12.8 Å². The second kappa shape index (κ2) is 6.37. The number of hydrogen-bond donors (Lipinski definition) is 1. The molecule has 0 bridgehead atoms. The third-order valence-electron chi connectivity index (χ3n) is 4.75. The summed E-state index contributed by atoms with van der Waals surface area (Å²) in [4.78, 5) is 13.6. The number of fused-ring (bicyclic) bond motifs is 1. The van der Waals surface area contributed by atoms with Gasteiger partial charge < -0.3 is 10.1 Å². The van der Waals surface area contributed by atoms with Crippen LogP contribution in [0.3, 0.4) is 0 Å². The van der Waals surface area contributed by atoms with Crippen LogP contribution >= 0.6 is 11.3 Å². The van der Waals surface area contributed by atoms with Crippen molar-refractivity contribution in [2.45, 2.75) is 19.3 Å². The fraction of sp³-hybridized carbons (Fsp3) is 0.190. The molecule has 1 amide bonds. The van der Waals surface area contributed by atoms with Gasteiger partial charge in [0, 0.05) is 28.2 Å². The van der Waals surface area contributed by atoms with E-state index in [1.54, 1.807) is 18.4 Å². The first kappa shape index (κ1) is 15.9. The number of carbonyl (C=O) groups is 1. The summed E-state index contributed by atoms with van der Waals surface area (Å²) in [5.74, 6) is 1.03. The van der Waals surface area contributed by atoms with E-state index in [0.29, 0.717) is 6.42 Å². The summed E-state index contributed by atoms with van der Waals surface area (Å²) in [5.41, 5.74) is 5.59. The Balaban J connectivity index is 1.80. The Morgan fingerprint density at radius 2 is 1.88 bits per heavy atom. The number of nitrogens with one attached hydrogen (secondary N) is 1. The zero-order valence-corrected chi connectivity index (χ0v) is 15.0. The molecule has 4 rings (SSSR count). The van der Waals surface area contributed by atoms with Crippen LogP contribution in [0.25, 0.3) is 11.1 Å². The molecule has 1 unspecified atom stereocenters. The van der Waals surface area contributed by atoms with Crippen molar-refractivity contribution in [3.05, 3.63) is 69.9 Å². The third kappa shape index (κ3) is 2.83. The van der Waals surface area contributed by atoms with Crippen LogP contribution in [0.1, 0.15) is 28.3 Å². The van der Waals surface area contributed by atoms with Crippen molar-refractivity contribution in [1.29, 1.82) is 0 Å². The standard InChI is InChI=1S/C21H19NO2S/c1-13-5-3-4-6-16(13)17-11-19(23)22-20-18(12-25-21(17)20)14-7-9-15(24-2)10-8-14/h3-10,12,17H,11H2,1-2H3,(H,22,23). The van der Waals surface area contributed by atoms with Gasteiger partial charge in [-0.05, 0) is 35.7 Å². The van der Waals surface area contributed by atoms with Crippen LogP contribution in [-0.2, 0) is 4.79 Å². The van der Waals surface area contributed by atoms with Crippen LogP contribution in [0, 0.1) is 6.92 Å². The van der Waals surface area contributed by atoms with E-state index in [2.05, 4.69) is 29.8 Å². The van der Waals surface area contributed by atoms with E-state index in [9.17, 15) is 4.79 Å². The Morgan fingerprint density at radius 1 is 1.12 bits per heavy atom. The molecule has 1 atom stereocenters. The Hall–Kier alpha value is -2.59. The van der Waals surface area contributed by atoms with Crippen LogP contribution < -0.4 is 10.1 Å². The fourth-order valence-corrected chi connectivity index (χ4v) is 4.59. The van der Waals surface area contributed by atoms with E-state index >= 15 is 0 Å². The van der Waals surface area contributed by atoms with Gasteiger partial charge in [-0.2, -0.15) is 0 Å². The van der Waals surface area contributed by atoms with Crippen molar-refractivity contribution in [3.8, 4) is 16.9 Å². The Morgan fingerprint density at radius 3 is 2.60 bits per heavy atom. The molecule has 0 fully saturated rings. The number of amides is 1. The summed E-state index contributed by atoms with van der Waals surface area (Å²) in [7, 11) is 1.66. The smallest absolute Gasteiger partial charge is 0.225 e. The topological polar surface area (TPSA) is 38.3 Å². The molecule has 3 aromatic rings. The highest BCUT2D eigenvalue weighted by atomic mass is 32.1. The molecular formula is C21H19NO2S. The average molecular weight is 349 g/mol. The lowest BCUT2D eigenvalue weighted by Crippen LogP contribution is -2.22. The van der Waals surface area contributed by atoms with E-state index in [1.165, 1.54) is 16.0 Å². The Kier molecular flexibility index (Phi) is 4.06. The zero-order chi connectivity index (χ0) is 17.4. The maximum absolute atomic E-state index is 12.4. The number of aryl methyl sites for hydroxylation is 1. The number of hydrogen-bond acceptors (Lipinski definition) is 3. The van der Waals surface area contributed by atoms with Crippen LogP contribution in [0.4, 0.5) is 5.69 Å². The monoisotopic (exact) mass is 349 g/mol.